The molecule has 0 N–H and O–H groups in total. The highest BCUT2D eigenvalue weighted by molar-refractivity contribution is 6.37. The maximum atomic E-state index is 11.5. The van der Waals surface area contributed by atoms with E-state index in [2.05, 4.69) is 4.74 Å². The van der Waals surface area contributed by atoms with Crippen molar-refractivity contribution in [2.75, 3.05) is 13.7 Å². The smallest absolute Gasteiger partial charge is 0.375 e. The van der Waals surface area contributed by atoms with Crippen LogP contribution in [0.15, 0.2) is 30.3 Å². The monoisotopic (exact) mass is 276 g/mol. The first-order valence-corrected chi connectivity index (χ1v) is 6.11. The van der Waals surface area contributed by atoms with Crippen LogP contribution in [0, 0.1) is 0 Å². The number of methoxy groups -OCH3 is 1. The molecule has 0 aliphatic heterocycles. The average Bonchev–Trinajstić information content (AvgIpc) is 2.45. The lowest BCUT2D eigenvalue weighted by atomic mass is 10.1. The largest absolute Gasteiger partial charge is 0.497 e. The Morgan fingerprint density at radius 1 is 1.25 bits per heavy atom. The van der Waals surface area contributed by atoms with E-state index in [4.69, 9.17) is 4.74 Å². The van der Waals surface area contributed by atoms with Gasteiger partial charge in [-0.15, -0.1) is 0 Å². The number of rotatable bonds is 7. The Morgan fingerprint density at radius 2 is 2.00 bits per heavy atom. The molecule has 0 heterocycles. The third-order valence-corrected chi connectivity index (χ3v) is 2.39. The molecular weight excluding hydrogens is 260 g/mol. The van der Waals surface area contributed by atoms with Gasteiger partial charge in [-0.05, 0) is 30.7 Å². The summed E-state index contributed by atoms with van der Waals surface area (Å²) in [5, 5.41) is 0. The van der Waals surface area contributed by atoms with E-state index in [-0.39, 0.29) is 6.61 Å². The molecule has 0 aliphatic rings. The zero-order valence-corrected chi connectivity index (χ0v) is 11.4. The van der Waals surface area contributed by atoms with Gasteiger partial charge >= 0.3 is 5.97 Å². The van der Waals surface area contributed by atoms with E-state index in [1.807, 2.05) is 0 Å². The van der Waals surface area contributed by atoms with Crippen LogP contribution < -0.4 is 4.74 Å². The van der Waals surface area contributed by atoms with Gasteiger partial charge in [-0.1, -0.05) is 18.2 Å². The lowest BCUT2D eigenvalue weighted by molar-refractivity contribution is -0.154. The van der Waals surface area contributed by atoms with Crippen LogP contribution in [0.25, 0.3) is 6.08 Å². The van der Waals surface area contributed by atoms with E-state index in [1.165, 1.54) is 6.08 Å². The fraction of sp³-hybridized carbons (Fsp3) is 0.267. The zero-order chi connectivity index (χ0) is 15.0. The molecule has 0 saturated carbocycles. The fourth-order valence-electron chi connectivity index (χ4n) is 1.44. The summed E-state index contributed by atoms with van der Waals surface area (Å²) in [5.41, 5.74) is 0.765. The van der Waals surface area contributed by atoms with Gasteiger partial charge in [0.2, 0.25) is 5.78 Å². The predicted molar refractivity (Wildman–Crippen MR) is 73.3 cm³/mol. The molecule has 0 spiro atoms. The van der Waals surface area contributed by atoms with Gasteiger partial charge in [0.15, 0.2) is 5.78 Å². The highest BCUT2D eigenvalue weighted by Crippen LogP contribution is 2.13. The summed E-state index contributed by atoms with van der Waals surface area (Å²) in [7, 11) is 1.55. The second kappa shape index (κ2) is 7.89. The molecule has 0 unspecified atom stereocenters. The first-order valence-electron chi connectivity index (χ1n) is 6.11. The second-order valence-electron chi connectivity index (χ2n) is 3.90. The van der Waals surface area contributed by atoms with Crippen LogP contribution in [0.5, 0.6) is 5.75 Å². The van der Waals surface area contributed by atoms with E-state index in [9.17, 15) is 14.4 Å². The van der Waals surface area contributed by atoms with Crippen LogP contribution in [-0.2, 0) is 19.1 Å². The number of Topliss-reactive ketones (excluding diaryl/α,β-unsaturated/α-hetero) is 1. The van der Waals surface area contributed by atoms with Gasteiger partial charge in [0.05, 0.1) is 20.1 Å². The van der Waals surface area contributed by atoms with Crippen molar-refractivity contribution in [1.82, 2.24) is 0 Å². The van der Waals surface area contributed by atoms with Gasteiger partial charge in [-0.3, -0.25) is 9.59 Å². The topological polar surface area (TPSA) is 69.7 Å². The SMILES string of the molecule is CCOC(=O)C(=O)CC(=O)C=Cc1cccc(OC)c1. The third kappa shape index (κ3) is 5.06. The lowest BCUT2D eigenvalue weighted by Crippen LogP contribution is -2.19. The predicted octanol–water partition coefficient (Wildman–Crippen LogP) is 1.80. The Labute approximate surface area is 117 Å². The van der Waals surface area contributed by atoms with Crippen molar-refractivity contribution < 1.29 is 23.9 Å². The Balaban J connectivity index is 2.59. The molecule has 5 heteroatoms. The summed E-state index contributed by atoms with van der Waals surface area (Å²) in [6, 6.07) is 7.10. The number of allylic oxidation sites excluding steroid dienone is 1. The molecule has 0 atom stereocenters. The standard InChI is InChI=1S/C15H16O5/c1-3-20-15(18)14(17)10-12(16)8-7-11-5-4-6-13(9-11)19-2/h4-9H,3,10H2,1-2H3. The van der Waals surface area contributed by atoms with Crippen LogP contribution >= 0.6 is 0 Å². The number of hydrogen-bond acceptors (Lipinski definition) is 5. The van der Waals surface area contributed by atoms with Gasteiger partial charge < -0.3 is 9.47 Å². The highest BCUT2D eigenvalue weighted by Gasteiger charge is 2.17. The van der Waals surface area contributed by atoms with Gasteiger partial charge in [0.25, 0.3) is 0 Å². The van der Waals surface area contributed by atoms with Crippen LogP contribution in [0.3, 0.4) is 0 Å². The minimum atomic E-state index is -0.976. The molecule has 0 aromatic heterocycles. The molecule has 0 amide bonds. The van der Waals surface area contributed by atoms with Gasteiger partial charge in [0.1, 0.15) is 5.75 Å². The summed E-state index contributed by atoms with van der Waals surface area (Å²) in [6.45, 7) is 1.70. The summed E-state index contributed by atoms with van der Waals surface area (Å²) in [4.78, 5) is 33.9. The van der Waals surface area contributed by atoms with E-state index < -0.39 is 24.0 Å². The summed E-state index contributed by atoms with van der Waals surface area (Å²) >= 11 is 0. The van der Waals surface area contributed by atoms with Crippen molar-refractivity contribution in [2.24, 2.45) is 0 Å². The number of ketones is 2. The van der Waals surface area contributed by atoms with Gasteiger partial charge in [0, 0.05) is 0 Å². The molecule has 0 radical (unpaired) electrons. The van der Waals surface area contributed by atoms with Gasteiger partial charge in [-0.25, -0.2) is 4.79 Å². The van der Waals surface area contributed by atoms with Crippen LogP contribution in [0.2, 0.25) is 0 Å². The van der Waals surface area contributed by atoms with Crippen molar-refractivity contribution in [1.29, 1.82) is 0 Å². The molecule has 106 valence electrons. The maximum Gasteiger partial charge on any atom is 0.375 e. The van der Waals surface area contributed by atoms with Crippen molar-refractivity contribution in [3.05, 3.63) is 35.9 Å². The second-order valence-corrected chi connectivity index (χ2v) is 3.90. The van der Waals surface area contributed by atoms with E-state index >= 15 is 0 Å². The summed E-state index contributed by atoms with van der Waals surface area (Å²) in [6.07, 6.45) is 2.33. The van der Waals surface area contributed by atoms with Gasteiger partial charge in [-0.2, -0.15) is 0 Å². The summed E-state index contributed by atoms with van der Waals surface area (Å²) in [5.74, 6) is -1.60. The number of carbonyl (C=O) groups is 3. The first kappa shape index (κ1) is 15.6. The Bertz CT molecular complexity index is 531. The molecule has 0 fully saturated rings. The van der Waals surface area contributed by atoms with E-state index in [0.717, 1.165) is 5.56 Å². The molecule has 0 saturated heterocycles. The first-order chi connectivity index (χ1) is 9.56. The third-order valence-electron chi connectivity index (χ3n) is 2.39. The Hall–Kier alpha value is -2.43. The number of ether oxygens (including phenoxy) is 2. The molecular formula is C15H16O5. The molecule has 1 rings (SSSR count). The van der Waals surface area contributed by atoms with E-state index in [1.54, 1.807) is 44.4 Å². The fourth-order valence-corrected chi connectivity index (χ4v) is 1.44. The van der Waals surface area contributed by atoms with Crippen molar-refractivity contribution in [3.8, 4) is 5.75 Å². The Morgan fingerprint density at radius 3 is 2.65 bits per heavy atom. The zero-order valence-electron chi connectivity index (χ0n) is 11.4. The number of esters is 1. The molecule has 1 aromatic carbocycles. The highest BCUT2D eigenvalue weighted by atomic mass is 16.5. The number of hydrogen-bond donors (Lipinski definition) is 0. The lowest BCUT2D eigenvalue weighted by Gasteiger charge is -2.00. The minimum absolute atomic E-state index is 0.110. The average molecular weight is 276 g/mol. The van der Waals surface area contributed by atoms with Crippen LogP contribution in [0.4, 0.5) is 0 Å². The molecule has 5 nitrogen and oxygen atoms in total. The van der Waals surface area contributed by atoms with E-state index in [0.29, 0.717) is 5.75 Å². The number of benzene rings is 1. The maximum absolute atomic E-state index is 11.5. The summed E-state index contributed by atoms with van der Waals surface area (Å²) < 4.78 is 9.57. The normalized spacial score (nSPS) is 10.3. The number of carbonyl (C=O) groups excluding carboxylic acids is 3. The van der Waals surface area contributed by atoms with Crippen molar-refractivity contribution in [2.45, 2.75) is 13.3 Å². The molecule has 1 aromatic rings. The van der Waals surface area contributed by atoms with Crippen molar-refractivity contribution >= 4 is 23.6 Å². The van der Waals surface area contributed by atoms with Crippen LogP contribution in [0.1, 0.15) is 18.9 Å². The van der Waals surface area contributed by atoms with Crippen LogP contribution in [-0.4, -0.2) is 31.3 Å². The Kier molecular flexibility index (Phi) is 6.16. The molecule has 0 aliphatic carbocycles. The van der Waals surface area contributed by atoms with Crippen molar-refractivity contribution in [3.63, 3.8) is 0 Å². The quantitative estimate of drug-likeness (QED) is 0.329. The minimum Gasteiger partial charge on any atom is -0.497 e. The molecule has 0 bridgehead atoms. The molecule has 20 heavy (non-hydrogen) atoms.